The zero-order chi connectivity index (χ0) is 19.6. The third kappa shape index (κ3) is 2.15. The smallest absolute Gasteiger partial charge is 0.202 e. The van der Waals surface area contributed by atoms with Gasteiger partial charge in [0.25, 0.3) is 0 Å². The molecule has 0 aliphatic heterocycles. The lowest BCUT2D eigenvalue weighted by atomic mass is 9.73. The second-order valence-electron chi connectivity index (χ2n) is 7.00. The van der Waals surface area contributed by atoms with Crippen molar-refractivity contribution >= 4 is 11.6 Å². The molecule has 0 saturated carbocycles. The van der Waals surface area contributed by atoms with Crippen LogP contribution < -0.4 is 0 Å². The fraction of sp³-hybridized carbons (Fsp3) is 0.300. The average Bonchev–Trinajstić information content (AvgIpc) is 2.63. The summed E-state index contributed by atoms with van der Waals surface area (Å²) in [5.41, 5.74) is -1.52. The molecular formula is C20H18O7. The van der Waals surface area contributed by atoms with Crippen molar-refractivity contribution in [1.82, 2.24) is 0 Å². The predicted octanol–water partition coefficient (Wildman–Crippen LogP) is 2.08. The number of ketones is 2. The van der Waals surface area contributed by atoms with Gasteiger partial charge in [-0.05, 0) is 18.4 Å². The van der Waals surface area contributed by atoms with Crippen LogP contribution in [0.25, 0.3) is 0 Å². The van der Waals surface area contributed by atoms with Gasteiger partial charge in [-0.3, -0.25) is 9.59 Å². The molecule has 3 atom stereocenters. The lowest BCUT2D eigenvalue weighted by Gasteiger charge is -2.35. The molecule has 0 unspecified atom stereocenters. The van der Waals surface area contributed by atoms with Crippen molar-refractivity contribution < 1.29 is 35.1 Å². The molecule has 140 valence electrons. The van der Waals surface area contributed by atoms with Crippen LogP contribution >= 0.6 is 0 Å². The van der Waals surface area contributed by atoms with Crippen molar-refractivity contribution in [2.75, 3.05) is 0 Å². The molecule has 7 nitrogen and oxygen atoms in total. The fourth-order valence-corrected chi connectivity index (χ4v) is 4.23. The van der Waals surface area contributed by atoms with Crippen molar-refractivity contribution in [1.29, 1.82) is 0 Å². The van der Waals surface area contributed by atoms with E-state index in [0.717, 1.165) is 0 Å². The fourth-order valence-electron chi connectivity index (χ4n) is 4.23. The maximum atomic E-state index is 12.9. The second-order valence-corrected chi connectivity index (χ2v) is 7.00. The van der Waals surface area contributed by atoms with E-state index in [2.05, 4.69) is 0 Å². The molecule has 0 saturated heterocycles. The number of carbonyl (C=O) groups excluding carboxylic acids is 2. The zero-order valence-electron chi connectivity index (χ0n) is 14.4. The van der Waals surface area contributed by atoms with E-state index >= 15 is 0 Å². The van der Waals surface area contributed by atoms with Crippen LogP contribution in [-0.2, 0) is 0 Å². The minimum absolute atomic E-state index is 0.0972. The molecular weight excluding hydrogens is 352 g/mol. The first-order valence-corrected chi connectivity index (χ1v) is 8.68. The minimum Gasteiger partial charge on any atom is -0.507 e. The molecule has 2 aromatic carbocycles. The number of rotatable bonds is 1. The van der Waals surface area contributed by atoms with Crippen molar-refractivity contribution in [2.45, 2.75) is 32.0 Å². The van der Waals surface area contributed by atoms with E-state index in [0.29, 0.717) is 6.42 Å². The van der Waals surface area contributed by atoms with Gasteiger partial charge in [-0.15, -0.1) is 0 Å². The number of fused-ring (bicyclic) bond motifs is 3. The summed E-state index contributed by atoms with van der Waals surface area (Å²) in [6.07, 6.45) is -1.75. The number of aliphatic hydroxyl groups is 2. The largest absolute Gasteiger partial charge is 0.507 e. The van der Waals surface area contributed by atoms with E-state index < -0.39 is 52.1 Å². The highest BCUT2D eigenvalue weighted by Gasteiger charge is 2.44. The Balaban J connectivity index is 2.08. The molecule has 0 radical (unpaired) electrons. The lowest BCUT2D eigenvalue weighted by molar-refractivity contribution is 0.0333. The van der Waals surface area contributed by atoms with E-state index in [1.54, 1.807) is 0 Å². The summed E-state index contributed by atoms with van der Waals surface area (Å²) in [7, 11) is 0. The second kappa shape index (κ2) is 5.80. The molecule has 4 rings (SSSR count). The Hall–Kier alpha value is -2.90. The number of phenols is 3. The Kier molecular flexibility index (Phi) is 3.76. The first-order chi connectivity index (χ1) is 12.8. The Labute approximate surface area is 154 Å². The third-order valence-corrected chi connectivity index (χ3v) is 5.62. The monoisotopic (exact) mass is 370 g/mol. The molecule has 0 fully saturated rings. The summed E-state index contributed by atoms with van der Waals surface area (Å²) >= 11 is 0. The Morgan fingerprint density at radius 2 is 1.56 bits per heavy atom. The first-order valence-electron chi connectivity index (χ1n) is 8.68. The van der Waals surface area contributed by atoms with Gasteiger partial charge in [-0.1, -0.05) is 25.5 Å². The molecule has 2 aliphatic carbocycles. The first kappa shape index (κ1) is 17.5. The average molecular weight is 370 g/mol. The van der Waals surface area contributed by atoms with Gasteiger partial charge in [0.05, 0.1) is 28.9 Å². The van der Waals surface area contributed by atoms with Gasteiger partial charge in [0, 0.05) is 16.7 Å². The van der Waals surface area contributed by atoms with E-state index in [-0.39, 0.29) is 34.6 Å². The Morgan fingerprint density at radius 3 is 2.22 bits per heavy atom. The molecule has 2 aliphatic rings. The number of hydrogen-bond donors (Lipinski definition) is 5. The molecule has 2 aromatic rings. The molecule has 0 aromatic heterocycles. The van der Waals surface area contributed by atoms with Gasteiger partial charge in [0.1, 0.15) is 17.2 Å². The standard InChI is InChI=1S/C20H18O7/c1-2-7-6-10(22)12-13(16(7)23)20(27)14-15(19(12)26)18(25)11-8(17(14)24)4-3-5-9(11)21/h3-5,7,10,16,21-23,26-27H,2,6H2,1H3/t7-,10-,16-/m1/s1. The highest BCUT2D eigenvalue weighted by molar-refractivity contribution is 6.31. The van der Waals surface area contributed by atoms with Crippen molar-refractivity contribution in [2.24, 2.45) is 5.92 Å². The van der Waals surface area contributed by atoms with E-state index in [1.807, 2.05) is 6.92 Å². The summed E-state index contributed by atoms with van der Waals surface area (Å²) < 4.78 is 0. The lowest BCUT2D eigenvalue weighted by Crippen LogP contribution is -2.28. The van der Waals surface area contributed by atoms with Gasteiger partial charge in [-0.25, -0.2) is 0 Å². The Bertz CT molecular complexity index is 1010. The molecule has 0 spiro atoms. The van der Waals surface area contributed by atoms with Crippen LogP contribution in [0.1, 0.15) is 74.9 Å². The zero-order valence-corrected chi connectivity index (χ0v) is 14.4. The number of aliphatic hydroxyl groups excluding tert-OH is 2. The van der Waals surface area contributed by atoms with Crippen LogP contribution in [0.15, 0.2) is 18.2 Å². The normalized spacial score (nSPS) is 23.6. The van der Waals surface area contributed by atoms with Crippen molar-refractivity contribution in [3.63, 3.8) is 0 Å². The molecule has 27 heavy (non-hydrogen) atoms. The van der Waals surface area contributed by atoms with Gasteiger partial charge in [0.15, 0.2) is 5.78 Å². The van der Waals surface area contributed by atoms with Crippen LogP contribution in [0, 0.1) is 5.92 Å². The number of phenolic OH excluding ortho intramolecular Hbond substituents is 3. The van der Waals surface area contributed by atoms with Gasteiger partial charge in [-0.2, -0.15) is 0 Å². The summed E-state index contributed by atoms with van der Waals surface area (Å²) in [6.45, 7) is 1.81. The van der Waals surface area contributed by atoms with Gasteiger partial charge < -0.3 is 25.5 Å². The van der Waals surface area contributed by atoms with Gasteiger partial charge >= 0.3 is 0 Å². The number of benzene rings is 2. The third-order valence-electron chi connectivity index (χ3n) is 5.62. The SMILES string of the molecule is CC[C@@H]1C[C@@H](O)c2c(O)c3c(c(O)c2[C@@H]1O)C(=O)c1cccc(O)c1C3=O. The van der Waals surface area contributed by atoms with E-state index in [9.17, 15) is 35.1 Å². The summed E-state index contributed by atoms with van der Waals surface area (Å²) in [6, 6.07) is 3.98. The maximum absolute atomic E-state index is 12.9. The molecule has 0 amide bonds. The van der Waals surface area contributed by atoms with E-state index in [4.69, 9.17) is 0 Å². The maximum Gasteiger partial charge on any atom is 0.202 e. The number of carbonyl (C=O) groups is 2. The molecule has 0 bridgehead atoms. The minimum atomic E-state index is -1.21. The summed E-state index contributed by atoms with van der Waals surface area (Å²) in [5, 5.41) is 52.6. The van der Waals surface area contributed by atoms with Crippen LogP contribution in [0.5, 0.6) is 17.2 Å². The quantitative estimate of drug-likeness (QED) is 0.414. The van der Waals surface area contributed by atoms with Crippen LogP contribution in [0.3, 0.4) is 0 Å². The van der Waals surface area contributed by atoms with Crippen LogP contribution in [-0.4, -0.2) is 37.1 Å². The summed E-state index contributed by atoms with van der Waals surface area (Å²) in [5.74, 6) is -3.62. The van der Waals surface area contributed by atoms with Crippen LogP contribution in [0.2, 0.25) is 0 Å². The van der Waals surface area contributed by atoms with Crippen molar-refractivity contribution in [3.05, 3.63) is 51.6 Å². The highest BCUT2D eigenvalue weighted by atomic mass is 16.3. The topological polar surface area (TPSA) is 135 Å². The molecule has 0 heterocycles. The number of aromatic hydroxyl groups is 3. The Morgan fingerprint density at radius 1 is 0.926 bits per heavy atom. The van der Waals surface area contributed by atoms with Crippen molar-refractivity contribution in [3.8, 4) is 17.2 Å². The van der Waals surface area contributed by atoms with Gasteiger partial charge in [0.2, 0.25) is 5.78 Å². The van der Waals surface area contributed by atoms with Crippen LogP contribution in [0.4, 0.5) is 0 Å². The molecule has 5 N–H and O–H groups in total. The predicted molar refractivity (Wildman–Crippen MR) is 93.1 cm³/mol. The van der Waals surface area contributed by atoms with E-state index in [1.165, 1.54) is 18.2 Å². The molecule has 7 heteroatoms. The highest BCUT2D eigenvalue weighted by Crippen LogP contribution is 2.53. The number of hydrogen-bond acceptors (Lipinski definition) is 7. The summed E-state index contributed by atoms with van der Waals surface area (Å²) in [4.78, 5) is 25.8.